The smallest absolute Gasteiger partial charge is 0.308 e. The second-order valence-electron chi connectivity index (χ2n) is 9.44. The molecule has 4 atom stereocenters. The van der Waals surface area contributed by atoms with Gasteiger partial charge in [0.2, 0.25) is 0 Å². The molecule has 1 amide bonds. The van der Waals surface area contributed by atoms with Crippen LogP contribution >= 0.6 is 0 Å². The van der Waals surface area contributed by atoms with Crippen molar-refractivity contribution in [3.05, 3.63) is 65.5 Å². The van der Waals surface area contributed by atoms with Gasteiger partial charge in [-0.25, -0.2) is 4.98 Å². The maximum atomic E-state index is 13.2. The van der Waals surface area contributed by atoms with Gasteiger partial charge in [-0.15, -0.1) is 0 Å². The van der Waals surface area contributed by atoms with Gasteiger partial charge >= 0.3 is 11.9 Å². The molecule has 0 spiro atoms. The average Bonchev–Trinajstić information content (AvgIpc) is 2.86. The lowest BCUT2D eigenvalue weighted by Crippen LogP contribution is -2.39. The lowest BCUT2D eigenvalue weighted by atomic mass is 9.95. The van der Waals surface area contributed by atoms with Crippen LogP contribution in [0.3, 0.4) is 0 Å². The second kappa shape index (κ2) is 14.3. The van der Waals surface area contributed by atoms with E-state index in [9.17, 15) is 14.4 Å². The Balaban J connectivity index is 2.25. The number of amides is 1. The quantitative estimate of drug-likeness (QED) is 0.405. The Morgan fingerprint density at radius 3 is 2.25 bits per heavy atom. The summed E-state index contributed by atoms with van der Waals surface area (Å²) in [7, 11) is 3.23. The summed E-state index contributed by atoms with van der Waals surface area (Å²) < 4.78 is 10.5. The zero-order valence-corrected chi connectivity index (χ0v) is 22.1. The Bertz CT molecular complexity index is 996. The Morgan fingerprint density at radius 1 is 0.972 bits per heavy atom. The van der Waals surface area contributed by atoms with Crippen molar-refractivity contribution in [1.82, 2.24) is 15.6 Å². The van der Waals surface area contributed by atoms with Gasteiger partial charge in [-0.05, 0) is 43.5 Å². The zero-order valence-electron chi connectivity index (χ0n) is 22.1. The summed E-state index contributed by atoms with van der Waals surface area (Å²) in [4.78, 5) is 41.6. The van der Waals surface area contributed by atoms with Gasteiger partial charge in [0.25, 0.3) is 5.91 Å². The number of nitrogens with one attached hydrogen (secondary N) is 2. The topological polar surface area (TPSA) is 107 Å². The molecule has 2 rings (SSSR count). The summed E-state index contributed by atoms with van der Waals surface area (Å²) in [6.07, 6.45) is 0.914. The maximum Gasteiger partial charge on any atom is 0.308 e. The first-order chi connectivity index (χ1) is 17.1. The highest BCUT2D eigenvalue weighted by Crippen LogP contribution is 2.24. The molecule has 0 saturated carbocycles. The molecule has 1 heterocycles. The molecule has 196 valence electrons. The SMILES string of the molecule is CN[C@H](C[C@@H](OC(C)=O)c1cccc(C(=O)N[C@@H](Cc2ccccc2)C[C@H](C)C(=O)OC)n1)C(C)C. The molecule has 0 aliphatic heterocycles. The monoisotopic (exact) mass is 497 g/mol. The van der Waals surface area contributed by atoms with Crippen molar-refractivity contribution in [3.8, 4) is 0 Å². The van der Waals surface area contributed by atoms with Crippen LogP contribution in [0.5, 0.6) is 0 Å². The van der Waals surface area contributed by atoms with E-state index in [1.807, 2.05) is 37.4 Å². The van der Waals surface area contributed by atoms with Crippen LogP contribution in [-0.4, -0.2) is 49.1 Å². The largest absolute Gasteiger partial charge is 0.469 e. The van der Waals surface area contributed by atoms with E-state index in [2.05, 4.69) is 29.5 Å². The van der Waals surface area contributed by atoms with Crippen molar-refractivity contribution in [2.45, 2.75) is 65.1 Å². The van der Waals surface area contributed by atoms with Crippen molar-refractivity contribution in [3.63, 3.8) is 0 Å². The fourth-order valence-electron chi connectivity index (χ4n) is 4.22. The van der Waals surface area contributed by atoms with Gasteiger partial charge in [0.1, 0.15) is 11.8 Å². The van der Waals surface area contributed by atoms with Crippen molar-refractivity contribution >= 4 is 17.8 Å². The zero-order chi connectivity index (χ0) is 26.7. The summed E-state index contributed by atoms with van der Waals surface area (Å²) in [5, 5.41) is 6.30. The number of carbonyl (C=O) groups excluding carboxylic acids is 3. The Kier molecular flexibility index (Phi) is 11.5. The lowest BCUT2D eigenvalue weighted by Gasteiger charge is -2.26. The first-order valence-corrected chi connectivity index (χ1v) is 12.4. The summed E-state index contributed by atoms with van der Waals surface area (Å²) in [5.41, 5.74) is 1.78. The number of esters is 2. The van der Waals surface area contributed by atoms with Gasteiger partial charge in [-0.1, -0.05) is 57.2 Å². The summed E-state index contributed by atoms with van der Waals surface area (Å²) in [6.45, 7) is 7.33. The predicted octanol–water partition coefficient (Wildman–Crippen LogP) is 3.86. The molecule has 36 heavy (non-hydrogen) atoms. The molecular formula is C28H39N3O5. The molecule has 0 aliphatic rings. The maximum absolute atomic E-state index is 13.2. The predicted molar refractivity (Wildman–Crippen MR) is 138 cm³/mol. The third-order valence-corrected chi connectivity index (χ3v) is 6.19. The fraction of sp³-hybridized carbons (Fsp3) is 0.500. The number of ether oxygens (including phenoxy) is 2. The minimum Gasteiger partial charge on any atom is -0.469 e. The van der Waals surface area contributed by atoms with Gasteiger partial charge in [-0.3, -0.25) is 14.4 Å². The van der Waals surface area contributed by atoms with Crippen LogP contribution in [-0.2, 0) is 25.5 Å². The third kappa shape index (κ3) is 9.07. The van der Waals surface area contributed by atoms with Crippen molar-refractivity contribution in [2.24, 2.45) is 11.8 Å². The van der Waals surface area contributed by atoms with Gasteiger partial charge < -0.3 is 20.1 Å². The van der Waals surface area contributed by atoms with Gasteiger partial charge in [0, 0.05) is 25.4 Å². The van der Waals surface area contributed by atoms with E-state index in [0.717, 1.165) is 5.56 Å². The van der Waals surface area contributed by atoms with Crippen LogP contribution in [0.2, 0.25) is 0 Å². The highest BCUT2D eigenvalue weighted by atomic mass is 16.5. The Morgan fingerprint density at radius 2 is 1.67 bits per heavy atom. The molecule has 1 aromatic heterocycles. The molecule has 0 unspecified atom stereocenters. The second-order valence-corrected chi connectivity index (χ2v) is 9.44. The van der Waals surface area contributed by atoms with Crippen molar-refractivity contribution < 1.29 is 23.9 Å². The first kappa shape index (κ1) is 29.0. The van der Waals surface area contributed by atoms with Crippen molar-refractivity contribution in [1.29, 1.82) is 0 Å². The number of benzene rings is 1. The van der Waals surface area contributed by atoms with Crippen LogP contribution in [0.4, 0.5) is 0 Å². The molecule has 0 fully saturated rings. The first-order valence-electron chi connectivity index (χ1n) is 12.4. The molecule has 2 N–H and O–H groups in total. The molecule has 8 nitrogen and oxygen atoms in total. The van der Waals surface area contributed by atoms with Crippen LogP contribution in [0.15, 0.2) is 48.5 Å². The van der Waals surface area contributed by atoms with Crippen LogP contribution in [0.25, 0.3) is 0 Å². The van der Waals surface area contributed by atoms with Crippen LogP contribution < -0.4 is 10.6 Å². The van der Waals surface area contributed by atoms with Gasteiger partial charge in [0.05, 0.1) is 18.7 Å². The van der Waals surface area contributed by atoms with E-state index in [1.165, 1.54) is 14.0 Å². The molecule has 0 saturated heterocycles. The lowest BCUT2D eigenvalue weighted by molar-refractivity contribution is -0.148. The van der Waals surface area contributed by atoms with E-state index in [-0.39, 0.29) is 35.6 Å². The van der Waals surface area contributed by atoms with E-state index < -0.39 is 12.1 Å². The molecule has 0 radical (unpaired) electrons. The number of hydrogen-bond donors (Lipinski definition) is 2. The third-order valence-electron chi connectivity index (χ3n) is 6.19. The summed E-state index contributed by atoms with van der Waals surface area (Å²) >= 11 is 0. The number of methoxy groups -OCH3 is 1. The Hall–Kier alpha value is -3.26. The fourth-order valence-corrected chi connectivity index (χ4v) is 4.22. The average molecular weight is 498 g/mol. The molecule has 2 aromatic rings. The number of rotatable bonds is 13. The number of nitrogens with zero attached hydrogens (tertiary/aromatic N) is 1. The number of pyridine rings is 1. The normalized spacial score (nSPS) is 14.4. The molecule has 8 heteroatoms. The molecule has 0 aliphatic carbocycles. The van der Waals surface area contributed by atoms with Crippen molar-refractivity contribution in [2.75, 3.05) is 14.2 Å². The highest BCUT2D eigenvalue weighted by molar-refractivity contribution is 5.92. The molecular weight excluding hydrogens is 458 g/mol. The van der Waals surface area contributed by atoms with E-state index >= 15 is 0 Å². The van der Waals surface area contributed by atoms with Crippen LogP contribution in [0, 0.1) is 11.8 Å². The molecule has 1 aromatic carbocycles. The van der Waals surface area contributed by atoms with Crippen LogP contribution in [0.1, 0.15) is 68.4 Å². The summed E-state index contributed by atoms with van der Waals surface area (Å²) in [5.74, 6) is -1.16. The number of hydrogen-bond acceptors (Lipinski definition) is 7. The minimum absolute atomic E-state index is 0.101. The van der Waals surface area contributed by atoms with E-state index in [1.54, 1.807) is 25.1 Å². The van der Waals surface area contributed by atoms with E-state index in [0.29, 0.717) is 30.9 Å². The van der Waals surface area contributed by atoms with E-state index in [4.69, 9.17) is 9.47 Å². The highest BCUT2D eigenvalue weighted by Gasteiger charge is 2.26. The minimum atomic E-state index is -0.588. The summed E-state index contributed by atoms with van der Waals surface area (Å²) in [6, 6.07) is 14.7. The Labute approximate surface area is 214 Å². The standard InChI is InChI=1S/C28H39N3O5/c1-18(2)25(29-5)17-26(36-20(4)32)23-13-10-14-24(31-23)27(33)30-22(15-19(3)28(34)35-6)16-21-11-8-7-9-12-21/h7-14,18-19,22,25-26,29H,15-17H2,1-6H3,(H,30,33)/t19-,22+,25+,26+/m0/s1. The number of aromatic nitrogens is 1. The van der Waals surface area contributed by atoms with Gasteiger partial charge in [0.15, 0.2) is 0 Å². The number of carbonyl (C=O) groups is 3. The molecule has 0 bridgehead atoms. The van der Waals surface area contributed by atoms with Gasteiger partial charge in [-0.2, -0.15) is 0 Å².